The van der Waals surface area contributed by atoms with Crippen LogP contribution in [0.25, 0.3) is 0 Å². The molecule has 90 valence electrons. The molecule has 1 heterocycles. The van der Waals surface area contributed by atoms with Crippen molar-refractivity contribution in [3.8, 4) is 0 Å². The molecule has 0 atom stereocenters. The first-order valence-corrected chi connectivity index (χ1v) is 5.76. The normalized spacial score (nSPS) is 10.4. The minimum atomic E-state index is 0.720. The van der Waals surface area contributed by atoms with E-state index in [1.54, 1.807) is 0 Å². The molecule has 0 radical (unpaired) electrons. The van der Waals surface area contributed by atoms with E-state index in [1.807, 2.05) is 31.2 Å². The van der Waals surface area contributed by atoms with E-state index in [9.17, 15) is 0 Å². The van der Waals surface area contributed by atoms with Crippen LogP contribution in [0.15, 0.2) is 40.9 Å². The van der Waals surface area contributed by atoms with Crippen LogP contribution in [0.1, 0.15) is 11.5 Å². The molecule has 1 aromatic carbocycles. The molecule has 0 amide bonds. The molecule has 4 nitrogen and oxygen atoms in total. The molecule has 0 aliphatic carbocycles. The van der Waals surface area contributed by atoms with Crippen LogP contribution in [0.3, 0.4) is 0 Å². The number of aromatic nitrogens is 1. The second-order valence-corrected chi connectivity index (χ2v) is 3.90. The first kappa shape index (κ1) is 11.7. The van der Waals surface area contributed by atoms with Gasteiger partial charge < -0.3 is 15.2 Å². The Morgan fingerprint density at radius 1 is 1.18 bits per heavy atom. The van der Waals surface area contributed by atoms with Crippen molar-refractivity contribution in [2.45, 2.75) is 13.5 Å². The maximum Gasteiger partial charge on any atom is 0.150 e. The van der Waals surface area contributed by atoms with E-state index < -0.39 is 0 Å². The number of nitrogens with one attached hydrogen (secondary N) is 2. The molecule has 0 saturated heterocycles. The number of rotatable bonds is 6. The molecule has 4 heteroatoms. The van der Waals surface area contributed by atoms with Gasteiger partial charge in [-0.25, -0.2) is 0 Å². The Labute approximate surface area is 101 Å². The summed E-state index contributed by atoms with van der Waals surface area (Å²) >= 11 is 0. The molecule has 0 aliphatic rings. The summed E-state index contributed by atoms with van der Waals surface area (Å²) in [4.78, 5) is 0. The Morgan fingerprint density at radius 3 is 2.71 bits per heavy atom. The fourth-order valence-corrected chi connectivity index (χ4v) is 1.56. The third-order valence-electron chi connectivity index (χ3n) is 2.38. The van der Waals surface area contributed by atoms with Gasteiger partial charge in [0.1, 0.15) is 0 Å². The summed E-state index contributed by atoms with van der Waals surface area (Å²) in [6.07, 6.45) is 0. The first-order valence-electron chi connectivity index (χ1n) is 5.76. The summed E-state index contributed by atoms with van der Waals surface area (Å²) < 4.78 is 5.10. The number of nitrogens with zero attached hydrogens (tertiary/aromatic N) is 1. The number of benzene rings is 1. The predicted molar refractivity (Wildman–Crippen MR) is 67.9 cm³/mol. The lowest BCUT2D eigenvalue weighted by molar-refractivity contribution is 0.370. The Balaban J connectivity index is 1.61. The zero-order valence-electron chi connectivity index (χ0n) is 9.94. The van der Waals surface area contributed by atoms with E-state index in [0.717, 1.165) is 36.8 Å². The van der Waals surface area contributed by atoms with Gasteiger partial charge in [-0.05, 0) is 19.1 Å². The molecular formula is C13H17N3O. The zero-order chi connectivity index (χ0) is 11.9. The Morgan fingerprint density at radius 2 is 2.00 bits per heavy atom. The lowest BCUT2D eigenvalue weighted by atomic mass is 10.3. The van der Waals surface area contributed by atoms with Crippen LogP contribution in [0.4, 0.5) is 5.69 Å². The second-order valence-electron chi connectivity index (χ2n) is 3.90. The van der Waals surface area contributed by atoms with Crippen molar-refractivity contribution in [1.82, 2.24) is 10.5 Å². The van der Waals surface area contributed by atoms with E-state index in [4.69, 9.17) is 4.52 Å². The van der Waals surface area contributed by atoms with E-state index in [-0.39, 0.29) is 0 Å². The van der Waals surface area contributed by atoms with Gasteiger partial charge in [-0.15, -0.1) is 0 Å². The lowest BCUT2D eigenvalue weighted by Crippen LogP contribution is -2.21. The van der Waals surface area contributed by atoms with E-state index in [2.05, 4.69) is 27.9 Å². The average Bonchev–Trinajstić information content (AvgIpc) is 2.76. The number of hydrogen-bond donors (Lipinski definition) is 2. The fourth-order valence-electron chi connectivity index (χ4n) is 1.56. The summed E-state index contributed by atoms with van der Waals surface area (Å²) in [5.74, 6) is 0.877. The summed E-state index contributed by atoms with van der Waals surface area (Å²) in [5, 5.41) is 10.4. The standard InChI is InChI=1S/C13H17N3O/c1-11-9-13(17-16-11)10-14-7-8-15-12-5-3-2-4-6-12/h2-6,9,14-15H,7-8,10H2,1H3. The molecule has 17 heavy (non-hydrogen) atoms. The maximum absolute atomic E-state index is 5.10. The number of aryl methyl sites for hydroxylation is 1. The molecule has 0 aliphatic heterocycles. The number of anilines is 1. The molecular weight excluding hydrogens is 214 g/mol. The molecule has 0 spiro atoms. The number of hydrogen-bond acceptors (Lipinski definition) is 4. The monoisotopic (exact) mass is 231 g/mol. The molecule has 2 aromatic rings. The highest BCUT2D eigenvalue weighted by molar-refractivity contribution is 5.42. The van der Waals surface area contributed by atoms with E-state index in [0.29, 0.717) is 0 Å². The highest BCUT2D eigenvalue weighted by Gasteiger charge is 1.98. The van der Waals surface area contributed by atoms with Crippen molar-refractivity contribution < 1.29 is 4.52 Å². The number of para-hydroxylation sites is 1. The Kier molecular flexibility index (Phi) is 4.16. The van der Waals surface area contributed by atoms with Crippen molar-refractivity contribution in [2.75, 3.05) is 18.4 Å². The van der Waals surface area contributed by atoms with Crippen molar-refractivity contribution >= 4 is 5.69 Å². The first-order chi connectivity index (χ1) is 8.34. The quantitative estimate of drug-likeness (QED) is 0.748. The highest BCUT2D eigenvalue weighted by atomic mass is 16.5. The Bertz CT molecular complexity index is 439. The van der Waals surface area contributed by atoms with Crippen LogP contribution in [0.5, 0.6) is 0 Å². The van der Waals surface area contributed by atoms with Crippen molar-refractivity contribution in [2.24, 2.45) is 0 Å². The van der Waals surface area contributed by atoms with Gasteiger partial charge in [-0.3, -0.25) is 0 Å². The summed E-state index contributed by atoms with van der Waals surface area (Å²) in [5.41, 5.74) is 2.06. The third kappa shape index (κ3) is 3.92. The molecule has 0 bridgehead atoms. The molecule has 2 N–H and O–H groups in total. The Hall–Kier alpha value is -1.81. The largest absolute Gasteiger partial charge is 0.384 e. The van der Waals surface area contributed by atoms with Crippen LogP contribution < -0.4 is 10.6 Å². The smallest absolute Gasteiger partial charge is 0.150 e. The minimum absolute atomic E-state index is 0.720. The van der Waals surface area contributed by atoms with Gasteiger partial charge in [0.25, 0.3) is 0 Å². The SMILES string of the molecule is Cc1cc(CNCCNc2ccccc2)on1. The van der Waals surface area contributed by atoms with Gasteiger partial charge in [-0.1, -0.05) is 23.4 Å². The molecule has 0 saturated carbocycles. The van der Waals surface area contributed by atoms with Gasteiger partial charge in [0.15, 0.2) is 5.76 Å². The summed E-state index contributed by atoms with van der Waals surface area (Å²) in [7, 11) is 0. The highest BCUT2D eigenvalue weighted by Crippen LogP contribution is 2.03. The van der Waals surface area contributed by atoms with Gasteiger partial charge in [0.05, 0.1) is 12.2 Å². The topological polar surface area (TPSA) is 50.1 Å². The van der Waals surface area contributed by atoms with Gasteiger partial charge >= 0.3 is 0 Å². The van der Waals surface area contributed by atoms with E-state index >= 15 is 0 Å². The van der Waals surface area contributed by atoms with Crippen molar-refractivity contribution in [3.05, 3.63) is 47.9 Å². The van der Waals surface area contributed by atoms with Crippen LogP contribution in [0.2, 0.25) is 0 Å². The van der Waals surface area contributed by atoms with Gasteiger partial charge in [0.2, 0.25) is 0 Å². The molecule has 1 aromatic heterocycles. The van der Waals surface area contributed by atoms with Gasteiger partial charge in [0, 0.05) is 24.8 Å². The third-order valence-corrected chi connectivity index (χ3v) is 2.38. The van der Waals surface area contributed by atoms with Crippen LogP contribution in [-0.2, 0) is 6.54 Å². The van der Waals surface area contributed by atoms with Crippen molar-refractivity contribution in [1.29, 1.82) is 0 Å². The van der Waals surface area contributed by atoms with Crippen molar-refractivity contribution in [3.63, 3.8) is 0 Å². The van der Waals surface area contributed by atoms with Crippen LogP contribution in [0, 0.1) is 6.92 Å². The second kappa shape index (κ2) is 6.06. The van der Waals surface area contributed by atoms with E-state index in [1.165, 1.54) is 0 Å². The molecule has 2 rings (SSSR count). The summed E-state index contributed by atoms with van der Waals surface area (Å²) in [6.45, 7) is 4.41. The van der Waals surface area contributed by atoms with Crippen LogP contribution >= 0.6 is 0 Å². The predicted octanol–water partition coefficient (Wildman–Crippen LogP) is 2.18. The maximum atomic E-state index is 5.10. The zero-order valence-corrected chi connectivity index (χ0v) is 9.94. The average molecular weight is 231 g/mol. The molecule has 0 fully saturated rings. The lowest BCUT2D eigenvalue weighted by Gasteiger charge is -2.06. The van der Waals surface area contributed by atoms with Gasteiger partial charge in [-0.2, -0.15) is 0 Å². The van der Waals surface area contributed by atoms with Crippen LogP contribution in [-0.4, -0.2) is 18.2 Å². The minimum Gasteiger partial charge on any atom is -0.384 e. The summed E-state index contributed by atoms with van der Waals surface area (Å²) in [6, 6.07) is 12.1. The fraction of sp³-hybridized carbons (Fsp3) is 0.308. The molecule has 0 unspecified atom stereocenters.